The molecule has 0 aliphatic rings. The van der Waals surface area contributed by atoms with E-state index in [2.05, 4.69) is 15.9 Å². The van der Waals surface area contributed by atoms with Gasteiger partial charge in [-0.2, -0.15) is 0 Å². The third-order valence-electron chi connectivity index (χ3n) is 2.85. The van der Waals surface area contributed by atoms with Crippen LogP contribution in [0.25, 0.3) is 21.7 Å². The standard InChI is InChI=1S/C14H7BrO3/c15-12-6-8-3-1-2-4-10(8)11-5-9(7-16)14(17)18-13(11)12/h1-7H. The molecule has 1 heterocycles. The zero-order chi connectivity index (χ0) is 12.7. The van der Waals surface area contributed by atoms with Crippen LogP contribution >= 0.6 is 15.9 Å². The SMILES string of the molecule is O=Cc1cc2c(oc1=O)c(Br)cc1ccccc12. The lowest BCUT2D eigenvalue weighted by molar-refractivity contribution is 0.112. The van der Waals surface area contributed by atoms with Gasteiger partial charge in [0.2, 0.25) is 0 Å². The molecule has 4 heteroatoms. The van der Waals surface area contributed by atoms with Crippen LogP contribution in [-0.4, -0.2) is 6.29 Å². The van der Waals surface area contributed by atoms with Gasteiger partial charge in [-0.25, -0.2) is 4.79 Å². The second-order valence-corrected chi connectivity index (χ2v) is 4.78. The molecule has 0 bridgehead atoms. The molecule has 0 unspecified atom stereocenters. The molecule has 0 saturated heterocycles. The first kappa shape index (κ1) is 11.2. The van der Waals surface area contributed by atoms with Crippen LogP contribution in [0.5, 0.6) is 0 Å². The topological polar surface area (TPSA) is 47.3 Å². The van der Waals surface area contributed by atoms with Crippen LogP contribution in [0, 0.1) is 0 Å². The van der Waals surface area contributed by atoms with Gasteiger partial charge in [0.1, 0.15) is 5.56 Å². The Bertz CT molecular complexity index is 833. The first-order valence-corrected chi connectivity index (χ1v) is 6.10. The minimum absolute atomic E-state index is 0.0331. The van der Waals surface area contributed by atoms with Crippen molar-refractivity contribution in [3.63, 3.8) is 0 Å². The minimum Gasteiger partial charge on any atom is -0.421 e. The molecule has 0 N–H and O–H groups in total. The van der Waals surface area contributed by atoms with Gasteiger partial charge in [-0.15, -0.1) is 0 Å². The van der Waals surface area contributed by atoms with Crippen LogP contribution < -0.4 is 5.63 Å². The van der Waals surface area contributed by atoms with E-state index in [9.17, 15) is 9.59 Å². The lowest BCUT2D eigenvalue weighted by Gasteiger charge is -2.05. The van der Waals surface area contributed by atoms with Crippen molar-refractivity contribution in [1.82, 2.24) is 0 Å². The lowest BCUT2D eigenvalue weighted by Crippen LogP contribution is -2.05. The van der Waals surface area contributed by atoms with Crippen LogP contribution in [0.4, 0.5) is 0 Å². The Kier molecular flexibility index (Phi) is 2.52. The first-order valence-electron chi connectivity index (χ1n) is 5.31. The number of aldehydes is 1. The first-order chi connectivity index (χ1) is 8.70. The largest absolute Gasteiger partial charge is 0.421 e. The molecule has 3 nitrogen and oxygen atoms in total. The Labute approximate surface area is 110 Å². The number of hydrogen-bond donors (Lipinski definition) is 0. The summed E-state index contributed by atoms with van der Waals surface area (Å²) in [7, 11) is 0. The van der Waals surface area contributed by atoms with Gasteiger partial charge in [-0.3, -0.25) is 4.79 Å². The van der Waals surface area contributed by atoms with Gasteiger partial charge in [0.15, 0.2) is 11.9 Å². The highest BCUT2D eigenvalue weighted by Crippen LogP contribution is 2.31. The molecule has 0 radical (unpaired) electrons. The molecule has 88 valence electrons. The maximum Gasteiger partial charge on any atom is 0.346 e. The predicted octanol–water partition coefficient (Wildman–Crippen LogP) is 3.52. The number of halogens is 1. The van der Waals surface area contributed by atoms with E-state index >= 15 is 0 Å². The summed E-state index contributed by atoms with van der Waals surface area (Å²) in [6.07, 6.45) is 0.515. The molecule has 2 aromatic carbocycles. The highest BCUT2D eigenvalue weighted by atomic mass is 79.9. The normalized spacial score (nSPS) is 10.9. The molecular weight excluding hydrogens is 296 g/mol. The van der Waals surface area contributed by atoms with Crippen LogP contribution in [0.2, 0.25) is 0 Å². The summed E-state index contributed by atoms with van der Waals surface area (Å²) >= 11 is 3.38. The van der Waals surface area contributed by atoms with Crippen LogP contribution in [0.15, 0.2) is 50.1 Å². The van der Waals surface area contributed by atoms with E-state index < -0.39 is 5.63 Å². The summed E-state index contributed by atoms with van der Waals surface area (Å²) in [6, 6.07) is 11.2. The minimum atomic E-state index is -0.617. The van der Waals surface area contributed by atoms with Gasteiger partial charge >= 0.3 is 5.63 Å². The quantitative estimate of drug-likeness (QED) is 0.392. The maximum absolute atomic E-state index is 11.5. The van der Waals surface area contributed by atoms with Crippen molar-refractivity contribution in [3.8, 4) is 0 Å². The molecule has 0 fully saturated rings. The van der Waals surface area contributed by atoms with Crippen molar-refractivity contribution in [2.45, 2.75) is 0 Å². The fourth-order valence-corrected chi connectivity index (χ4v) is 2.56. The third-order valence-corrected chi connectivity index (χ3v) is 3.44. The zero-order valence-electron chi connectivity index (χ0n) is 9.14. The monoisotopic (exact) mass is 302 g/mol. The molecule has 0 amide bonds. The molecule has 18 heavy (non-hydrogen) atoms. The molecule has 0 spiro atoms. The Balaban J connectivity index is 2.62. The van der Waals surface area contributed by atoms with Gasteiger partial charge in [0.25, 0.3) is 0 Å². The van der Waals surface area contributed by atoms with Crippen LogP contribution in [-0.2, 0) is 0 Å². The van der Waals surface area contributed by atoms with Crippen molar-refractivity contribution in [3.05, 3.63) is 56.9 Å². The highest BCUT2D eigenvalue weighted by Gasteiger charge is 2.10. The number of carbonyl (C=O) groups is 1. The number of hydrogen-bond acceptors (Lipinski definition) is 3. The third kappa shape index (κ3) is 1.57. The number of fused-ring (bicyclic) bond motifs is 3. The molecular formula is C14H7BrO3. The summed E-state index contributed by atoms with van der Waals surface area (Å²) in [5.74, 6) is 0. The van der Waals surface area contributed by atoms with E-state index in [4.69, 9.17) is 4.42 Å². The van der Waals surface area contributed by atoms with Gasteiger partial charge in [-0.05, 0) is 38.8 Å². The van der Waals surface area contributed by atoms with E-state index in [-0.39, 0.29) is 5.56 Å². The summed E-state index contributed by atoms with van der Waals surface area (Å²) in [5.41, 5.74) is -0.122. The molecule has 0 saturated carbocycles. The average Bonchev–Trinajstić information content (AvgIpc) is 2.39. The molecule has 0 atom stereocenters. The molecule has 0 aliphatic carbocycles. The maximum atomic E-state index is 11.5. The number of rotatable bonds is 1. The highest BCUT2D eigenvalue weighted by molar-refractivity contribution is 9.10. The second-order valence-electron chi connectivity index (χ2n) is 3.93. The van der Waals surface area contributed by atoms with E-state index in [1.54, 1.807) is 6.07 Å². The summed E-state index contributed by atoms with van der Waals surface area (Å²) in [5, 5.41) is 2.71. The van der Waals surface area contributed by atoms with Gasteiger partial charge in [0.05, 0.1) is 4.47 Å². The van der Waals surface area contributed by atoms with E-state index in [1.165, 1.54) is 0 Å². The molecule has 0 aliphatic heterocycles. The predicted molar refractivity (Wildman–Crippen MR) is 73.1 cm³/mol. The smallest absolute Gasteiger partial charge is 0.346 e. The summed E-state index contributed by atoms with van der Waals surface area (Å²) in [6.45, 7) is 0. The van der Waals surface area contributed by atoms with E-state index in [1.807, 2.05) is 30.3 Å². The van der Waals surface area contributed by atoms with Gasteiger partial charge in [0, 0.05) is 5.39 Å². The summed E-state index contributed by atoms with van der Waals surface area (Å²) < 4.78 is 5.89. The number of benzene rings is 2. The fraction of sp³-hybridized carbons (Fsp3) is 0. The Hall–Kier alpha value is -1.94. The zero-order valence-corrected chi connectivity index (χ0v) is 10.7. The van der Waals surface area contributed by atoms with Crippen molar-refractivity contribution in [1.29, 1.82) is 0 Å². The Morgan fingerprint density at radius 1 is 1.11 bits per heavy atom. The van der Waals surface area contributed by atoms with Gasteiger partial charge < -0.3 is 4.42 Å². The number of carbonyl (C=O) groups excluding carboxylic acids is 1. The molecule has 3 aromatic rings. The van der Waals surface area contributed by atoms with E-state index in [0.717, 1.165) is 16.2 Å². The van der Waals surface area contributed by atoms with Crippen molar-refractivity contribution in [2.75, 3.05) is 0 Å². The average molecular weight is 303 g/mol. The van der Waals surface area contributed by atoms with Crippen molar-refractivity contribution < 1.29 is 9.21 Å². The van der Waals surface area contributed by atoms with Crippen LogP contribution in [0.3, 0.4) is 0 Å². The van der Waals surface area contributed by atoms with Gasteiger partial charge in [-0.1, -0.05) is 24.3 Å². The molecule has 3 rings (SSSR count). The molecule has 1 aromatic heterocycles. The Morgan fingerprint density at radius 3 is 2.67 bits per heavy atom. The van der Waals surface area contributed by atoms with Crippen molar-refractivity contribution in [2.24, 2.45) is 0 Å². The van der Waals surface area contributed by atoms with Crippen molar-refractivity contribution >= 4 is 44.0 Å². The second kappa shape index (κ2) is 4.07. The summed E-state index contributed by atoms with van der Waals surface area (Å²) in [4.78, 5) is 22.4. The lowest BCUT2D eigenvalue weighted by atomic mass is 10.1. The van der Waals surface area contributed by atoms with Crippen LogP contribution in [0.1, 0.15) is 10.4 Å². The van der Waals surface area contributed by atoms with E-state index in [0.29, 0.717) is 16.3 Å². The Morgan fingerprint density at radius 2 is 1.89 bits per heavy atom. The fourth-order valence-electron chi connectivity index (χ4n) is 2.02.